The van der Waals surface area contributed by atoms with Gasteiger partial charge in [0.1, 0.15) is 0 Å². The summed E-state index contributed by atoms with van der Waals surface area (Å²) in [5, 5.41) is 18.2. The van der Waals surface area contributed by atoms with E-state index in [0.29, 0.717) is 61.9 Å². The number of benzene rings is 3. The van der Waals surface area contributed by atoms with Crippen LogP contribution in [0.15, 0.2) is 78.9 Å². The molecule has 4 amide bonds. The van der Waals surface area contributed by atoms with Gasteiger partial charge < -0.3 is 25.1 Å². The molecule has 2 aliphatic rings. The minimum Gasteiger partial charge on any atom is -0.394 e. The number of amides is 4. The van der Waals surface area contributed by atoms with E-state index in [2.05, 4.69) is 19.2 Å². The van der Waals surface area contributed by atoms with Crippen LogP contribution in [0.25, 0.3) is 5.69 Å². The lowest BCUT2D eigenvalue weighted by atomic mass is 9.93. The molecule has 0 spiro atoms. The van der Waals surface area contributed by atoms with E-state index < -0.39 is 12.0 Å². The number of hydrogen-bond donors (Lipinski definition) is 2. The van der Waals surface area contributed by atoms with E-state index >= 15 is 0 Å². The average molecular weight is 719 g/mol. The number of carbonyl (C=O) groups is 4. The van der Waals surface area contributed by atoms with Gasteiger partial charge in [0.25, 0.3) is 11.8 Å². The summed E-state index contributed by atoms with van der Waals surface area (Å²) < 4.78 is 1.62. The summed E-state index contributed by atoms with van der Waals surface area (Å²) in [5.74, 6) is -1.41. The zero-order valence-electron chi connectivity index (χ0n) is 31.0. The highest BCUT2D eigenvalue weighted by atomic mass is 16.3. The van der Waals surface area contributed by atoms with Crippen LogP contribution in [0.3, 0.4) is 0 Å². The van der Waals surface area contributed by atoms with Crippen molar-refractivity contribution in [2.24, 2.45) is 5.92 Å². The van der Waals surface area contributed by atoms with Crippen molar-refractivity contribution in [2.75, 3.05) is 31.6 Å². The summed E-state index contributed by atoms with van der Waals surface area (Å²) in [5.41, 5.74) is 5.20. The fourth-order valence-electron chi connectivity index (χ4n) is 7.26. The first-order valence-electron chi connectivity index (χ1n) is 18.8. The minimum absolute atomic E-state index is 0.0805. The number of carbonyl (C=O) groups excluding carboxylic acids is 4. The predicted molar refractivity (Wildman–Crippen MR) is 204 cm³/mol. The van der Waals surface area contributed by atoms with Crippen LogP contribution in [-0.2, 0) is 29.1 Å². The first-order chi connectivity index (χ1) is 25.7. The minimum atomic E-state index is -0.548. The topological polar surface area (TPSA) is 128 Å². The van der Waals surface area contributed by atoms with Gasteiger partial charge in [0, 0.05) is 50.5 Å². The van der Waals surface area contributed by atoms with Gasteiger partial charge in [-0.25, -0.2) is 4.68 Å². The van der Waals surface area contributed by atoms with Gasteiger partial charge in [0.15, 0.2) is 5.69 Å². The van der Waals surface area contributed by atoms with Crippen LogP contribution in [0.2, 0.25) is 0 Å². The second kappa shape index (κ2) is 17.0. The van der Waals surface area contributed by atoms with Crippen LogP contribution in [0.5, 0.6) is 0 Å². The number of aliphatic hydroxyl groups excluding tert-OH is 1. The lowest BCUT2D eigenvalue weighted by molar-refractivity contribution is -0.128. The number of aliphatic hydroxyl groups is 1. The molecule has 2 aliphatic heterocycles. The second-order valence-corrected chi connectivity index (χ2v) is 14.2. The number of unbranched alkanes of at least 4 members (excludes halogenated alkanes) is 2. The molecule has 0 radical (unpaired) electrons. The molecule has 1 fully saturated rings. The molecule has 1 saturated heterocycles. The Morgan fingerprint density at radius 3 is 2.30 bits per heavy atom. The molecule has 11 nitrogen and oxygen atoms in total. The van der Waals surface area contributed by atoms with Gasteiger partial charge in [-0.3, -0.25) is 19.2 Å². The molecule has 3 aromatic carbocycles. The van der Waals surface area contributed by atoms with Crippen molar-refractivity contribution in [3.63, 3.8) is 0 Å². The SMILES string of the molecule is CCCCN(CCCC)C(=O)c1cc(C)n(-c2ccc(NC(=O)C3CC(=O)N(Cc4ccccc4)C3)cc2C(=O)N2Cc3ccccc3C[C@H]2CO)n1. The van der Waals surface area contributed by atoms with Gasteiger partial charge in [-0.15, -0.1) is 0 Å². The summed E-state index contributed by atoms with van der Waals surface area (Å²) in [6, 6.07) is 24.0. The van der Waals surface area contributed by atoms with Crippen molar-refractivity contribution in [1.29, 1.82) is 0 Å². The maximum atomic E-state index is 14.7. The smallest absolute Gasteiger partial charge is 0.274 e. The van der Waals surface area contributed by atoms with Crippen molar-refractivity contribution < 1.29 is 24.3 Å². The number of rotatable bonds is 14. The third-order valence-corrected chi connectivity index (χ3v) is 10.3. The van der Waals surface area contributed by atoms with Gasteiger partial charge in [-0.05, 0) is 67.1 Å². The van der Waals surface area contributed by atoms with Gasteiger partial charge in [0.2, 0.25) is 11.8 Å². The molecule has 278 valence electrons. The summed E-state index contributed by atoms with van der Waals surface area (Å²) in [6.07, 6.45) is 4.33. The van der Waals surface area contributed by atoms with E-state index in [0.717, 1.165) is 42.4 Å². The molecule has 3 heterocycles. The maximum absolute atomic E-state index is 14.7. The normalized spacial score (nSPS) is 16.8. The van der Waals surface area contributed by atoms with Gasteiger partial charge >= 0.3 is 0 Å². The monoisotopic (exact) mass is 718 g/mol. The van der Waals surface area contributed by atoms with E-state index in [1.165, 1.54) is 0 Å². The highest BCUT2D eigenvalue weighted by Gasteiger charge is 2.35. The number of hydrogen-bond acceptors (Lipinski definition) is 6. The Bertz CT molecular complexity index is 1930. The average Bonchev–Trinajstić information content (AvgIpc) is 3.75. The molecule has 1 unspecified atom stereocenters. The van der Waals surface area contributed by atoms with E-state index in [9.17, 15) is 24.3 Å². The number of fused-ring (bicyclic) bond motifs is 1. The van der Waals surface area contributed by atoms with Crippen LogP contribution in [-0.4, -0.2) is 85.5 Å². The largest absolute Gasteiger partial charge is 0.394 e. The van der Waals surface area contributed by atoms with E-state index in [-0.39, 0.29) is 42.2 Å². The standard InChI is InChI=1S/C42H50N6O5/c1-4-6-19-45(20-7-5-2)42(53)37-21-29(3)48(44-37)38-18-17-34(43-40(51)33-23-39(50)46(26-33)25-30-13-9-8-10-14-30)24-36(38)41(52)47-27-32-16-12-11-15-31(32)22-35(47)28-49/h8-18,21,24,33,35,49H,4-7,19-20,22-23,25-28H2,1-3H3,(H,43,51)/t33?,35-/m0/s1. The maximum Gasteiger partial charge on any atom is 0.274 e. The molecule has 1 aromatic heterocycles. The molecule has 4 aromatic rings. The van der Waals surface area contributed by atoms with Gasteiger partial charge in [-0.1, -0.05) is 81.3 Å². The molecule has 0 aliphatic carbocycles. The number of nitrogens with zero attached hydrogens (tertiary/aromatic N) is 5. The number of likely N-dealkylation sites (tertiary alicyclic amines) is 1. The summed E-state index contributed by atoms with van der Waals surface area (Å²) >= 11 is 0. The zero-order chi connectivity index (χ0) is 37.5. The summed E-state index contributed by atoms with van der Waals surface area (Å²) in [6.45, 7) is 8.17. The van der Waals surface area contributed by atoms with Crippen LogP contribution in [0.4, 0.5) is 5.69 Å². The van der Waals surface area contributed by atoms with Crippen LogP contribution in [0, 0.1) is 12.8 Å². The molecular weight excluding hydrogens is 668 g/mol. The predicted octanol–water partition coefficient (Wildman–Crippen LogP) is 5.77. The zero-order valence-corrected chi connectivity index (χ0v) is 31.0. The van der Waals surface area contributed by atoms with E-state index in [1.54, 1.807) is 38.7 Å². The molecule has 2 atom stereocenters. The first-order valence-corrected chi connectivity index (χ1v) is 18.8. The van der Waals surface area contributed by atoms with Crippen molar-refractivity contribution in [1.82, 2.24) is 24.5 Å². The second-order valence-electron chi connectivity index (χ2n) is 14.2. The summed E-state index contributed by atoms with van der Waals surface area (Å²) in [7, 11) is 0. The Hall–Kier alpha value is -5.29. The third kappa shape index (κ3) is 8.52. The number of anilines is 1. The molecule has 11 heteroatoms. The molecule has 53 heavy (non-hydrogen) atoms. The highest BCUT2D eigenvalue weighted by Crippen LogP contribution is 2.30. The third-order valence-electron chi connectivity index (χ3n) is 10.3. The van der Waals surface area contributed by atoms with Crippen molar-refractivity contribution in [2.45, 2.75) is 78.4 Å². The molecule has 0 bridgehead atoms. The van der Waals surface area contributed by atoms with Crippen molar-refractivity contribution in [3.05, 3.63) is 113 Å². The lowest BCUT2D eigenvalue weighted by Gasteiger charge is -2.36. The molecule has 6 rings (SSSR count). The van der Waals surface area contributed by atoms with E-state index in [1.807, 2.05) is 66.4 Å². The number of nitrogens with one attached hydrogen (secondary N) is 1. The van der Waals surface area contributed by atoms with Crippen LogP contribution >= 0.6 is 0 Å². The Labute approximate surface area is 311 Å². The highest BCUT2D eigenvalue weighted by molar-refractivity contribution is 6.02. The molecule has 2 N–H and O–H groups in total. The van der Waals surface area contributed by atoms with E-state index in [4.69, 9.17) is 5.10 Å². The Morgan fingerprint density at radius 1 is 0.906 bits per heavy atom. The van der Waals surface area contributed by atoms with Crippen LogP contribution in [0.1, 0.15) is 89.2 Å². The van der Waals surface area contributed by atoms with Gasteiger partial charge in [0.05, 0.1) is 29.8 Å². The van der Waals surface area contributed by atoms with Crippen molar-refractivity contribution in [3.8, 4) is 5.69 Å². The number of aromatic nitrogens is 2. The Balaban J connectivity index is 1.31. The Kier molecular flexibility index (Phi) is 12.0. The summed E-state index contributed by atoms with van der Waals surface area (Å²) in [4.78, 5) is 60.1. The molecular formula is C42H50N6O5. The van der Waals surface area contributed by atoms with Crippen LogP contribution < -0.4 is 5.32 Å². The number of aryl methyl sites for hydroxylation is 1. The van der Waals surface area contributed by atoms with Crippen molar-refractivity contribution >= 4 is 29.3 Å². The fraction of sp³-hybridized carbons (Fsp3) is 0.405. The lowest BCUT2D eigenvalue weighted by Crippen LogP contribution is -2.46. The quantitative estimate of drug-likeness (QED) is 0.171. The van der Waals surface area contributed by atoms with Gasteiger partial charge in [-0.2, -0.15) is 5.10 Å². The molecule has 0 saturated carbocycles. The first kappa shape index (κ1) is 37.5. The fourth-order valence-corrected chi connectivity index (χ4v) is 7.26. The Morgan fingerprint density at radius 2 is 1.60 bits per heavy atom.